The quantitative estimate of drug-likeness (QED) is 0.460. The van der Waals surface area contributed by atoms with Crippen molar-refractivity contribution in [2.45, 2.75) is 25.3 Å². The third kappa shape index (κ3) is 3.74. The predicted molar refractivity (Wildman–Crippen MR) is 50.7 cm³/mol. The second-order valence-electron chi connectivity index (χ2n) is 3.34. The second kappa shape index (κ2) is 5.59. The van der Waals surface area contributed by atoms with Crippen LogP contribution in [0.3, 0.4) is 0 Å². The van der Waals surface area contributed by atoms with Gasteiger partial charge in [-0.3, -0.25) is 9.59 Å². The zero-order valence-corrected chi connectivity index (χ0v) is 8.34. The SMILES string of the molecule is COC(=O)CCCNC1CNC(=O)C1. The Morgan fingerprint density at radius 3 is 3.07 bits per heavy atom. The molecule has 1 atom stereocenters. The van der Waals surface area contributed by atoms with Crippen molar-refractivity contribution in [3.05, 3.63) is 0 Å². The monoisotopic (exact) mass is 200 g/mol. The predicted octanol–water partition coefficient (Wildman–Crippen LogP) is -0.582. The first kappa shape index (κ1) is 11.0. The van der Waals surface area contributed by atoms with Gasteiger partial charge in [0.15, 0.2) is 0 Å². The second-order valence-corrected chi connectivity index (χ2v) is 3.34. The van der Waals surface area contributed by atoms with Gasteiger partial charge in [-0.25, -0.2) is 0 Å². The number of methoxy groups -OCH3 is 1. The summed E-state index contributed by atoms with van der Waals surface area (Å²) in [6.45, 7) is 1.44. The van der Waals surface area contributed by atoms with Gasteiger partial charge in [0.05, 0.1) is 7.11 Å². The van der Waals surface area contributed by atoms with Gasteiger partial charge in [-0.15, -0.1) is 0 Å². The van der Waals surface area contributed by atoms with Crippen molar-refractivity contribution in [2.75, 3.05) is 20.2 Å². The maximum Gasteiger partial charge on any atom is 0.305 e. The minimum atomic E-state index is -0.188. The maximum absolute atomic E-state index is 10.8. The number of carbonyl (C=O) groups excluding carboxylic acids is 2. The van der Waals surface area contributed by atoms with E-state index in [4.69, 9.17) is 0 Å². The Bertz CT molecular complexity index is 218. The van der Waals surface area contributed by atoms with Gasteiger partial charge in [0.1, 0.15) is 0 Å². The Balaban J connectivity index is 1.99. The minimum absolute atomic E-state index is 0.0930. The molecule has 1 fully saturated rings. The Kier molecular flexibility index (Phi) is 4.39. The van der Waals surface area contributed by atoms with Gasteiger partial charge in [0, 0.05) is 25.4 Å². The molecule has 1 rings (SSSR count). The maximum atomic E-state index is 10.8. The Morgan fingerprint density at radius 2 is 2.50 bits per heavy atom. The minimum Gasteiger partial charge on any atom is -0.469 e. The third-order valence-corrected chi connectivity index (χ3v) is 2.20. The number of hydrogen-bond acceptors (Lipinski definition) is 4. The average molecular weight is 200 g/mol. The molecule has 80 valence electrons. The summed E-state index contributed by atoms with van der Waals surface area (Å²) in [5, 5.41) is 5.94. The highest BCUT2D eigenvalue weighted by atomic mass is 16.5. The Morgan fingerprint density at radius 1 is 1.71 bits per heavy atom. The molecule has 0 aromatic carbocycles. The molecular weight excluding hydrogens is 184 g/mol. The van der Waals surface area contributed by atoms with Gasteiger partial charge >= 0.3 is 5.97 Å². The van der Waals surface area contributed by atoms with Crippen LogP contribution in [0.15, 0.2) is 0 Å². The van der Waals surface area contributed by atoms with Gasteiger partial charge in [-0.1, -0.05) is 0 Å². The highest BCUT2D eigenvalue weighted by molar-refractivity contribution is 5.78. The van der Waals surface area contributed by atoms with Crippen LogP contribution in [0.25, 0.3) is 0 Å². The van der Waals surface area contributed by atoms with Crippen LogP contribution in [-0.4, -0.2) is 38.1 Å². The van der Waals surface area contributed by atoms with Crippen LogP contribution in [0.2, 0.25) is 0 Å². The van der Waals surface area contributed by atoms with Crippen LogP contribution in [0, 0.1) is 0 Å². The molecule has 5 nitrogen and oxygen atoms in total. The molecule has 0 saturated carbocycles. The van der Waals surface area contributed by atoms with E-state index in [0.717, 1.165) is 13.0 Å². The Labute approximate surface area is 83.2 Å². The van der Waals surface area contributed by atoms with Crippen molar-refractivity contribution in [1.82, 2.24) is 10.6 Å². The van der Waals surface area contributed by atoms with Crippen molar-refractivity contribution in [1.29, 1.82) is 0 Å². The van der Waals surface area contributed by atoms with Crippen LogP contribution in [0.1, 0.15) is 19.3 Å². The highest BCUT2D eigenvalue weighted by Crippen LogP contribution is 1.99. The van der Waals surface area contributed by atoms with E-state index < -0.39 is 0 Å². The fraction of sp³-hybridized carbons (Fsp3) is 0.778. The molecule has 0 bridgehead atoms. The molecule has 1 aliphatic rings. The van der Waals surface area contributed by atoms with E-state index >= 15 is 0 Å². The lowest BCUT2D eigenvalue weighted by Gasteiger charge is -2.08. The summed E-state index contributed by atoms with van der Waals surface area (Å²) in [4.78, 5) is 21.6. The molecule has 0 aliphatic carbocycles. The lowest BCUT2D eigenvalue weighted by Crippen LogP contribution is -2.31. The number of carbonyl (C=O) groups is 2. The molecule has 1 aliphatic heterocycles. The van der Waals surface area contributed by atoms with Crippen molar-refractivity contribution < 1.29 is 14.3 Å². The average Bonchev–Trinajstić information content (AvgIpc) is 2.58. The first-order valence-electron chi connectivity index (χ1n) is 4.79. The summed E-state index contributed by atoms with van der Waals surface area (Å²) in [6, 6.07) is 0.222. The number of hydrogen-bond donors (Lipinski definition) is 2. The van der Waals surface area contributed by atoms with Gasteiger partial charge in [0.2, 0.25) is 5.91 Å². The van der Waals surface area contributed by atoms with Crippen molar-refractivity contribution in [3.8, 4) is 0 Å². The number of rotatable bonds is 5. The first-order chi connectivity index (χ1) is 6.72. The lowest BCUT2D eigenvalue weighted by molar-refractivity contribution is -0.140. The van der Waals surface area contributed by atoms with E-state index in [2.05, 4.69) is 15.4 Å². The molecule has 0 aromatic heterocycles. The van der Waals surface area contributed by atoms with Crippen LogP contribution in [-0.2, 0) is 14.3 Å². The van der Waals surface area contributed by atoms with E-state index in [1.807, 2.05) is 0 Å². The van der Waals surface area contributed by atoms with Gasteiger partial charge in [-0.2, -0.15) is 0 Å². The molecule has 1 heterocycles. The lowest BCUT2D eigenvalue weighted by atomic mass is 10.2. The topological polar surface area (TPSA) is 67.4 Å². The Hall–Kier alpha value is -1.10. The summed E-state index contributed by atoms with van der Waals surface area (Å²) >= 11 is 0. The van der Waals surface area contributed by atoms with Crippen LogP contribution in [0.4, 0.5) is 0 Å². The molecule has 0 radical (unpaired) electrons. The number of amides is 1. The van der Waals surface area contributed by atoms with Crippen molar-refractivity contribution in [3.63, 3.8) is 0 Å². The summed E-state index contributed by atoms with van der Waals surface area (Å²) < 4.78 is 4.51. The van der Waals surface area contributed by atoms with Gasteiger partial charge < -0.3 is 15.4 Å². The van der Waals surface area contributed by atoms with E-state index in [-0.39, 0.29) is 17.9 Å². The highest BCUT2D eigenvalue weighted by Gasteiger charge is 2.20. The number of ether oxygens (including phenoxy) is 1. The normalized spacial score (nSPS) is 20.6. The molecule has 2 N–H and O–H groups in total. The molecular formula is C9H16N2O3. The summed E-state index contributed by atoms with van der Waals surface area (Å²) in [6.07, 6.45) is 1.72. The summed E-state index contributed by atoms with van der Waals surface area (Å²) in [5.41, 5.74) is 0. The number of esters is 1. The summed E-state index contributed by atoms with van der Waals surface area (Å²) in [7, 11) is 1.38. The molecule has 14 heavy (non-hydrogen) atoms. The smallest absolute Gasteiger partial charge is 0.305 e. The zero-order valence-electron chi connectivity index (χ0n) is 8.34. The van der Waals surface area contributed by atoms with Gasteiger partial charge in [-0.05, 0) is 13.0 Å². The van der Waals surface area contributed by atoms with Gasteiger partial charge in [0.25, 0.3) is 0 Å². The fourth-order valence-electron chi connectivity index (χ4n) is 1.39. The van der Waals surface area contributed by atoms with Crippen LogP contribution < -0.4 is 10.6 Å². The van der Waals surface area contributed by atoms with Crippen molar-refractivity contribution in [2.24, 2.45) is 0 Å². The van der Waals surface area contributed by atoms with Crippen LogP contribution >= 0.6 is 0 Å². The fourth-order valence-corrected chi connectivity index (χ4v) is 1.39. The van der Waals surface area contributed by atoms with Crippen molar-refractivity contribution >= 4 is 11.9 Å². The molecule has 1 unspecified atom stereocenters. The molecule has 0 spiro atoms. The molecule has 5 heteroatoms. The molecule has 1 saturated heterocycles. The zero-order chi connectivity index (χ0) is 10.4. The van der Waals surface area contributed by atoms with E-state index in [9.17, 15) is 9.59 Å². The largest absolute Gasteiger partial charge is 0.469 e. The molecule has 0 aromatic rings. The molecule has 1 amide bonds. The first-order valence-corrected chi connectivity index (χ1v) is 4.79. The van der Waals surface area contributed by atoms with Crippen LogP contribution in [0.5, 0.6) is 0 Å². The number of nitrogens with one attached hydrogen (secondary N) is 2. The standard InChI is InChI=1S/C9H16N2O3/c1-14-9(13)3-2-4-10-7-5-8(12)11-6-7/h7,10H,2-6H2,1H3,(H,11,12). The summed E-state index contributed by atoms with van der Waals surface area (Å²) in [5.74, 6) is -0.0945. The third-order valence-electron chi connectivity index (χ3n) is 2.20. The van der Waals surface area contributed by atoms with E-state index in [1.165, 1.54) is 7.11 Å². The van der Waals surface area contributed by atoms with E-state index in [1.54, 1.807) is 0 Å². The van der Waals surface area contributed by atoms with E-state index in [0.29, 0.717) is 19.4 Å².